The van der Waals surface area contributed by atoms with Gasteiger partial charge in [-0.2, -0.15) is 0 Å². The predicted octanol–water partition coefficient (Wildman–Crippen LogP) is 4.17. The number of benzene rings is 3. The Hall–Kier alpha value is -4.06. The van der Waals surface area contributed by atoms with E-state index in [4.69, 9.17) is 9.57 Å². The Morgan fingerprint density at radius 3 is 2.43 bits per heavy atom. The zero-order chi connectivity index (χ0) is 31.4. The number of amides is 2. The largest absolute Gasteiger partial charge is 0.465 e. The molecule has 1 aliphatic carbocycles. The molecule has 232 valence electrons. The molecule has 11 heteroatoms. The van der Waals surface area contributed by atoms with Crippen molar-refractivity contribution >= 4 is 27.8 Å². The highest BCUT2D eigenvalue weighted by Gasteiger charge is 2.49. The van der Waals surface area contributed by atoms with Gasteiger partial charge in [-0.1, -0.05) is 73.0 Å². The van der Waals surface area contributed by atoms with Crippen LogP contribution in [-0.4, -0.2) is 56.6 Å². The van der Waals surface area contributed by atoms with E-state index in [-0.39, 0.29) is 12.5 Å². The molecule has 1 aliphatic heterocycles. The van der Waals surface area contributed by atoms with Gasteiger partial charge in [0.2, 0.25) is 10.0 Å². The third-order valence-electron chi connectivity index (χ3n) is 8.29. The van der Waals surface area contributed by atoms with Crippen LogP contribution in [0.5, 0.6) is 0 Å². The number of esters is 1. The number of ether oxygens (including phenoxy) is 1. The lowest BCUT2D eigenvalue weighted by Gasteiger charge is -2.49. The number of hydroxylamine groups is 1. The molecule has 0 unspecified atom stereocenters. The summed E-state index contributed by atoms with van der Waals surface area (Å²) < 4.78 is 32.3. The first-order chi connectivity index (χ1) is 21.1. The van der Waals surface area contributed by atoms with Gasteiger partial charge in [-0.25, -0.2) is 23.4 Å². The van der Waals surface area contributed by atoms with Crippen molar-refractivity contribution in [2.75, 3.05) is 13.4 Å². The summed E-state index contributed by atoms with van der Waals surface area (Å²) in [6.45, 7) is 1.95. The Balaban J connectivity index is 1.52. The molecule has 10 nitrogen and oxygen atoms in total. The highest BCUT2D eigenvalue weighted by atomic mass is 32.2. The van der Waals surface area contributed by atoms with E-state index in [2.05, 4.69) is 10.2 Å². The lowest BCUT2D eigenvalue weighted by molar-refractivity contribution is -0.138. The van der Waals surface area contributed by atoms with Crippen molar-refractivity contribution in [2.45, 2.75) is 63.3 Å². The number of methoxy groups -OCH3 is 1. The summed E-state index contributed by atoms with van der Waals surface area (Å²) in [7, 11) is -2.25. The number of aryl methyl sites for hydroxylation is 1. The molecule has 2 aliphatic rings. The molecule has 0 radical (unpaired) electrons. The lowest BCUT2D eigenvalue weighted by atomic mass is 9.76. The predicted molar refractivity (Wildman–Crippen MR) is 164 cm³/mol. The molecule has 1 saturated carbocycles. The van der Waals surface area contributed by atoms with E-state index >= 15 is 0 Å². The molecule has 44 heavy (non-hydrogen) atoms. The Morgan fingerprint density at radius 1 is 0.977 bits per heavy atom. The fourth-order valence-corrected chi connectivity index (χ4v) is 7.16. The minimum atomic E-state index is -3.56. The normalized spacial score (nSPS) is 21.8. The molecule has 5 rings (SSSR count). The van der Waals surface area contributed by atoms with E-state index in [1.54, 1.807) is 53.4 Å². The second kappa shape index (κ2) is 13.3. The maximum absolute atomic E-state index is 14.3. The van der Waals surface area contributed by atoms with Crippen LogP contribution >= 0.6 is 0 Å². The van der Waals surface area contributed by atoms with E-state index < -0.39 is 45.9 Å². The number of nitrogens with zero attached hydrogens (tertiary/aromatic N) is 1. The van der Waals surface area contributed by atoms with Gasteiger partial charge in [-0.3, -0.25) is 14.4 Å². The van der Waals surface area contributed by atoms with Crippen molar-refractivity contribution in [3.05, 3.63) is 106 Å². The third-order valence-corrected chi connectivity index (χ3v) is 9.02. The summed E-state index contributed by atoms with van der Waals surface area (Å²) in [6.07, 6.45) is 3.94. The monoisotopic (exact) mass is 619 g/mol. The van der Waals surface area contributed by atoms with E-state index in [1.165, 1.54) is 7.11 Å². The Labute approximate surface area is 257 Å². The average Bonchev–Trinajstić information content (AvgIpc) is 3.01. The van der Waals surface area contributed by atoms with Crippen LogP contribution in [0.2, 0.25) is 0 Å². The molecular weight excluding hydrogens is 582 g/mol. The first kappa shape index (κ1) is 31.4. The van der Waals surface area contributed by atoms with Gasteiger partial charge < -0.3 is 9.64 Å². The second-order valence-electron chi connectivity index (χ2n) is 11.4. The minimum Gasteiger partial charge on any atom is -0.465 e. The van der Waals surface area contributed by atoms with Gasteiger partial charge in [-0.05, 0) is 54.7 Å². The average molecular weight is 620 g/mol. The number of hydrogen-bond donors (Lipinski definition) is 2. The topological polar surface area (TPSA) is 131 Å². The van der Waals surface area contributed by atoms with Crippen LogP contribution in [0.15, 0.2) is 72.8 Å². The molecule has 0 saturated heterocycles. The summed E-state index contributed by atoms with van der Waals surface area (Å²) in [5.41, 5.74) is 6.35. The number of carbonyl (C=O) groups excluding carboxylic acids is 3. The van der Waals surface area contributed by atoms with Crippen LogP contribution in [0.25, 0.3) is 0 Å². The first-order valence-electron chi connectivity index (χ1n) is 14.6. The maximum atomic E-state index is 14.3. The molecule has 2 N–H and O–H groups in total. The van der Waals surface area contributed by atoms with Crippen LogP contribution in [0.4, 0.5) is 0 Å². The molecule has 0 spiro atoms. The number of carbonyl (C=O) groups is 3. The quantitative estimate of drug-likeness (QED) is 0.272. The highest BCUT2D eigenvalue weighted by Crippen LogP contribution is 2.46. The molecular formula is C33H37N3O7S. The van der Waals surface area contributed by atoms with Gasteiger partial charge in [0.05, 0.1) is 37.5 Å². The number of fused-ring (bicyclic) bond motifs is 1. The maximum Gasteiger partial charge on any atom is 0.337 e. The van der Waals surface area contributed by atoms with Crippen LogP contribution < -0.4 is 10.2 Å². The third kappa shape index (κ3) is 6.85. The fourth-order valence-electron chi connectivity index (χ4n) is 6.33. The second-order valence-corrected chi connectivity index (χ2v) is 13.2. The van der Waals surface area contributed by atoms with Crippen molar-refractivity contribution in [3.8, 4) is 0 Å². The number of sulfonamides is 1. The number of nitrogens with one attached hydrogen (secondary N) is 2. The van der Waals surface area contributed by atoms with Crippen LogP contribution in [-0.2, 0) is 31.0 Å². The molecule has 0 aromatic heterocycles. The fraction of sp³-hybridized carbons (Fsp3) is 0.364. The first-order valence-corrected chi connectivity index (χ1v) is 16.5. The van der Waals surface area contributed by atoms with Gasteiger partial charge in [0.15, 0.2) is 0 Å². The molecule has 1 fully saturated rings. The summed E-state index contributed by atoms with van der Waals surface area (Å²) in [6, 6.07) is 19.8. The summed E-state index contributed by atoms with van der Waals surface area (Å²) in [5.74, 6) is -2.03. The van der Waals surface area contributed by atoms with Gasteiger partial charge in [0.1, 0.15) is 0 Å². The van der Waals surface area contributed by atoms with Crippen molar-refractivity contribution in [2.24, 2.45) is 0 Å². The van der Waals surface area contributed by atoms with E-state index in [1.807, 2.05) is 31.2 Å². The van der Waals surface area contributed by atoms with Crippen molar-refractivity contribution in [1.82, 2.24) is 15.1 Å². The Kier molecular flexibility index (Phi) is 9.48. The lowest BCUT2D eigenvalue weighted by Crippen LogP contribution is -2.59. The summed E-state index contributed by atoms with van der Waals surface area (Å²) in [4.78, 5) is 47.8. The molecule has 1 heterocycles. The Bertz CT molecular complexity index is 1640. The number of hydrogen-bond acceptors (Lipinski definition) is 7. The molecule has 3 aromatic carbocycles. The molecule has 2 amide bonds. The smallest absolute Gasteiger partial charge is 0.337 e. The standard InChI is InChI=1S/C33H37N3O7S/c1-21-15-17-23(18-16-21)30-29(31(37)34-43-20-22-9-8-10-24(19-22)33(39)42-2)25-11-4-5-12-26(25)32(38)36(30)28-14-7-6-13-27(28)35-44(3,40)41/h4-5,8-12,15-19,27-30,35H,6-7,13-14,20H2,1-3H3,(H,34,37)/t27-,28-,29+,30-/m0/s1. The zero-order valence-electron chi connectivity index (χ0n) is 25.0. The van der Waals surface area contributed by atoms with Gasteiger partial charge in [0.25, 0.3) is 11.8 Å². The van der Waals surface area contributed by atoms with E-state index in [9.17, 15) is 22.8 Å². The minimum absolute atomic E-state index is 0.00817. The van der Waals surface area contributed by atoms with Gasteiger partial charge >= 0.3 is 5.97 Å². The van der Waals surface area contributed by atoms with E-state index in [0.717, 1.165) is 30.2 Å². The van der Waals surface area contributed by atoms with Crippen molar-refractivity contribution in [1.29, 1.82) is 0 Å². The van der Waals surface area contributed by atoms with Crippen LogP contribution in [0.3, 0.4) is 0 Å². The summed E-state index contributed by atoms with van der Waals surface area (Å²) in [5, 5.41) is 0. The van der Waals surface area contributed by atoms with Crippen LogP contribution in [0, 0.1) is 6.92 Å². The van der Waals surface area contributed by atoms with Crippen LogP contribution in [0.1, 0.15) is 80.6 Å². The highest BCUT2D eigenvalue weighted by molar-refractivity contribution is 7.88. The van der Waals surface area contributed by atoms with Gasteiger partial charge in [0, 0.05) is 17.6 Å². The van der Waals surface area contributed by atoms with Crippen molar-refractivity contribution in [3.63, 3.8) is 0 Å². The summed E-state index contributed by atoms with van der Waals surface area (Å²) >= 11 is 0. The molecule has 4 atom stereocenters. The Morgan fingerprint density at radius 2 is 1.70 bits per heavy atom. The number of rotatable bonds is 9. The van der Waals surface area contributed by atoms with E-state index in [0.29, 0.717) is 35.1 Å². The van der Waals surface area contributed by atoms with Crippen molar-refractivity contribution < 1.29 is 32.4 Å². The molecule has 0 bridgehead atoms. The SMILES string of the molecule is COC(=O)c1cccc(CONC(=O)[C@@H]2c3ccccc3C(=O)N([C@H]3CCCC[C@@H]3NS(C)(=O)=O)[C@H]2c2ccc(C)cc2)c1. The molecule has 3 aromatic rings. The van der Waals surface area contributed by atoms with Gasteiger partial charge in [-0.15, -0.1) is 0 Å². The zero-order valence-corrected chi connectivity index (χ0v) is 25.8.